The summed E-state index contributed by atoms with van der Waals surface area (Å²) >= 11 is 1.39. The summed E-state index contributed by atoms with van der Waals surface area (Å²) in [6.07, 6.45) is -0.0941. The molecule has 2 heterocycles. The predicted molar refractivity (Wildman–Crippen MR) is 126 cm³/mol. The highest BCUT2D eigenvalue weighted by Gasteiger charge is 2.66. The average Bonchev–Trinajstić information content (AvgIpc) is 3.04. The zero-order chi connectivity index (χ0) is 23.9. The minimum atomic E-state index is -1.56. The Labute approximate surface area is 196 Å². The fourth-order valence-electron chi connectivity index (χ4n) is 4.63. The van der Waals surface area contributed by atoms with Crippen LogP contribution in [0.25, 0.3) is 10.8 Å². The van der Waals surface area contributed by atoms with Crippen LogP contribution >= 0.6 is 11.8 Å². The number of Topliss-reactive ketones (excluding diaryl/α,β-unsaturated/α-hetero) is 1. The number of ketones is 1. The third-order valence-corrected chi connectivity index (χ3v) is 7.69. The van der Waals surface area contributed by atoms with Gasteiger partial charge in [-0.05, 0) is 37.6 Å². The Hall–Kier alpha value is -2.84. The van der Waals surface area contributed by atoms with E-state index in [1.807, 2.05) is 45.0 Å². The molecule has 0 unspecified atom stereocenters. The quantitative estimate of drug-likeness (QED) is 0.275. The maximum absolute atomic E-state index is 13.5. The number of hydrogen-bond acceptors (Lipinski definition) is 7. The van der Waals surface area contributed by atoms with Crippen LogP contribution < -0.4 is 4.74 Å². The lowest BCUT2D eigenvalue weighted by molar-refractivity contribution is -0.169. The second kappa shape index (κ2) is 8.83. The van der Waals surface area contributed by atoms with Crippen molar-refractivity contribution in [2.75, 3.05) is 13.2 Å². The first kappa shape index (κ1) is 23.3. The van der Waals surface area contributed by atoms with Crippen LogP contribution in [0.4, 0.5) is 0 Å². The van der Waals surface area contributed by atoms with Crippen molar-refractivity contribution in [1.29, 1.82) is 0 Å². The molecule has 0 spiro atoms. The molecule has 2 aliphatic rings. The molecule has 2 aliphatic heterocycles. The number of benzene rings is 2. The average molecular weight is 470 g/mol. The van der Waals surface area contributed by atoms with Crippen LogP contribution in [0.1, 0.15) is 31.1 Å². The molecule has 4 atom stereocenters. The lowest BCUT2D eigenvalue weighted by Gasteiger charge is -2.45. The van der Waals surface area contributed by atoms with E-state index in [-0.39, 0.29) is 12.2 Å². The molecule has 174 valence electrons. The van der Waals surface area contributed by atoms with E-state index in [2.05, 4.69) is 6.58 Å². The van der Waals surface area contributed by atoms with Gasteiger partial charge in [0.1, 0.15) is 30.4 Å². The number of esters is 1. The molecule has 2 saturated heterocycles. The van der Waals surface area contributed by atoms with Crippen molar-refractivity contribution >= 4 is 40.2 Å². The van der Waals surface area contributed by atoms with Gasteiger partial charge in [0.15, 0.2) is 5.78 Å². The van der Waals surface area contributed by atoms with Crippen molar-refractivity contribution in [2.45, 2.75) is 43.0 Å². The van der Waals surface area contributed by atoms with Gasteiger partial charge in [0.25, 0.3) is 0 Å². The van der Waals surface area contributed by atoms with Gasteiger partial charge in [-0.15, -0.1) is 11.8 Å². The molecule has 2 fully saturated rings. The Morgan fingerprint density at radius 2 is 2.00 bits per heavy atom. The molecule has 1 amide bonds. The summed E-state index contributed by atoms with van der Waals surface area (Å²) in [5.41, 5.74) is 0.262. The van der Waals surface area contributed by atoms with Gasteiger partial charge in [0.05, 0.1) is 17.5 Å². The number of thioether (sulfide) groups is 1. The lowest BCUT2D eigenvalue weighted by atomic mass is 9.84. The van der Waals surface area contributed by atoms with Gasteiger partial charge in [-0.1, -0.05) is 43.0 Å². The molecule has 7 nitrogen and oxygen atoms in total. The Morgan fingerprint density at radius 1 is 1.27 bits per heavy atom. The van der Waals surface area contributed by atoms with Crippen molar-refractivity contribution in [3.05, 3.63) is 54.6 Å². The smallest absolute Gasteiger partial charge is 0.330 e. The molecule has 1 N–H and O–H groups in total. The Bertz CT molecular complexity index is 1130. The third kappa shape index (κ3) is 3.81. The first-order valence-electron chi connectivity index (χ1n) is 10.9. The summed E-state index contributed by atoms with van der Waals surface area (Å²) in [6.45, 7) is 9.47. The molecule has 0 aromatic heterocycles. The van der Waals surface area contributed by atoms with E-state index in [4.69, 9.17) is 9.47 Å². The first-order chi connectivity index (χ1) is 15.7. The molecular weight excluding hydrogens is 442 g/mol. The number of amides is 1. The summed E-state index contributed by atoms with van der Waals surface area (Å²) < 4.78 is 10.3. The van der Waals surface area contributed by atoms with Crippen molar-refractivity contribution in [3.63, 3.8) is 0 Å². The largest absolute Gasteiger partial charge is 0.493 e. The van der Waals surface area contributed by atoms with E-state index in [0.29, 0.717) is 17.7 Å². The summed E-state index contributed by atoms with van der Waals surface area (Å²) in [6, 6.07) is 10.1. The SMILES string of the molecule is C=CCOC(=O)[C@@H]1N2C(=O)[C@@H]([C@H](O)C(=O)c3c(OCC)ccc4ccccc34)[C@H]2SC1(C)C. The standard InChI is InChI=1S/C25H27NO6S/c1-5-13-32-24(30)21-25(3,4)33-23-18(22(29)26(21)23)20(28)19(27)17-15-10-8-7-9-14(15)11-12-16(17)31-6-2/h5,7-12,18,20-21,23,28H,1,6,13H2,2-4H3/t18-,20+,21+,23-/m1/s1. The molecule has 0 aliphatic carbocycles. The van der Waals surface area contributed by atoms with Crippen molar-refractivity contribution in [2.24, 2.45) is 5.92 Å². The van der Waals surface area contributed by atoms with E-state index < -0.39 is 45.8 Å². The number of hydrogen-bond donors (Lipinski definition) is 1. The maximum Gasteiger partial charge on any atom is 0.330 e. The van der Waals surface area contributed by atoms with Crippen LogP contribution in [0.15, 0.2) is 49.1 Å². The molecule has 33 heavy (non-hydrogen) atoms. The van der Waals surface area contributed by atoms with Crippen molar-refractivity contribution < 1.29 is 29.0 Å². The summed E-state index contributed by atoms with van der Waals surface area (Å²) in [4.78, 5) is 40.7. The lowest BCUT2D eigenvalue weighted by Crippen LogP contribution is -2.66. The number of fused-ring (bicyclic) bond motifs is 2. The van der Waals surface area contributed by atoms with Gasteiger partial charge < -0.3 is 19.5 Å². The van der Waals surface area contributed by atoms with Gasteiger partial charge in [0, 0.05) is 4.75 Å². The van der Waals surface area contributed by atoms with Gasteiger partial charge in [-0.25, -0.2) is 4.79 Å². The Kier molecular flexibility index (Phi) is 6.24. The van der Waals surface area contributed by atoms with Gasteiger partial charge in [0.2, 0.25) is 5.91 Å². The topological polar surface area (TPSA) is 93.1 Å². The minimum Gasteiger partial charge on any atom is -0.493 e. The maximum atomic E-state index is 13.5. The number of aliphatic hydroxyl groups is 1. The number of nitrogens with zero attached hydrogens (tertiary/aromatic N) is 1. The molecule has 0 saturated carbocycles. The second-order valence-electron chi connectivity index (χ2n) is 8.61. The van der Waals surface area contributed by atoms with Crippen LogP contribution in [0.3, 0.4) is 0 Å². The number of aliphatic hydroxyl groups excluding tert-OH is 1. The second-order valence-corrected chi connectivity index (χ2v) is 10.4. The zero-order valence-electron chi connectivity index (χ0n) is 18.8. The normalized spacial score (nSPS) is 24.1. The highest BCUT2D eigenvalue weighted by Crippen LogP contribution is 2.54. The summed E-state index contributed by atoms with van der Waals surface area (Å²) in [5, 5.41) is 12.1. The Morgan fingerprint density at radius 3 is 2.70 bits per heavy atom. The van der Waals surface area contributed by atoms with Crippen LogP contribution in [0.2, 0.25) is 0 Å². The fraction of sp³-hybridized carbons (Fsp3) is 0.400. The summed E-state index contributed by atoms with van der Waals surface area (Å²) in [7, 11) is 0. The van der Waals surface area contributed by atoms with E-state index in [1.54, 1.807) is 12.1 Å². The predicted octanol–water partition coefficient (Wildman–Crippen LogP) is 3.19. The number of carbonyl (C=O) groups excluding carboxylic acids is 3. The first-order valence-corrected chi connectivity index (χ1v) is 11.7. The molecule has 0 bridgehead atoms. The molecule has 2 aromatic carbocycles. The monoisotopic (exact) mass is 469 g/mol. The molecule has 0 radical (unpaired) electrons. The van der Waals surface area contributed by atoms with Crippen LogP contribution in [-0.2, 0) is 14.3 Å². The number of ether oxygens (including phenoxy) is 2. The molecule has 8 heteroatoms. The molecule has 4 rings (SSSR count). The van der Waals surface area contributed by atoms with Crippen molar-refractivity contribution in [1.82, 2.24) is 4.90 Å². The van der Waals surface area contributed by atoms with Gasteiger partial charge in [-0.2, -0.15) is 0 Å². The fourth-order valence-corrected chi connectivity index (χ4v) is 6.34. The van der Waals surface area contributed by atoms with Crippen LogP contribution in [0.5, 0.6) is 5.75 Å². The van der Waals surface area contributed by atoms with E-state index >= 15 is 0 Å². The highest BCUT2D eigenvalue weighted by atomic mass is 32.2. The van der Waals surface area contributed by atoms with E-state index in [1.165, 1.54) is 22.7 Å². The van der Waals surface area contributed by atoms with E-state index in [0.717, 1.165) is 5.39 Å². The van der Waals surface area contributed by atoms with Crippen LogP contribution in [0, 0.1) is 5.92 Å². The zero-order valence-corrected chi connectivity index (χ0v) is 19.6. The highest BCUT2D eigenvalue weighted by molar-refractivity contribution is 8.01. The van der Waals surface area contributed by atoms with Gasteiger partial charge in [-0.3, -0.25) is 9.59 Å². The van der Waals surface area contributed by atoms with Crippen molar-refractivity contribution in [3.8, 4) is 5.75 Å². The molecule has 2 aromatic rings. The van der Waals surface area contributed by atoms with Gasteiger partial charge >= 0.3 is 5.97 Å². The molecular formula is C25H27NO6S. The van der Waals surface area contributed by atoms with Crippen LogP contribution in [-0.4, -0.2) is 63.1 Å². The Balaban J connectivity index is 1.64. The third-order valence-electron chi connectivity index (χ3n) is 6.09. The summed E-state index contributed by atoms with van der Waals surface area (Å²) in [5.74, 6) is -2.10. The van der Waals surface area contributed by atoms with E-state index in [9.17, 15) is 19.5 Å². The minimum absolute atomic E-state index is 0.0502. The number of β-lactam (4-membered cyclic amide) rings is 1. The number of rotatable bonds is 8. The number of carbonyl (C=O) groups is 3.